The quantitative estimate of drug-likeness (QED) is 0.658. The van der Waals surface area contributed by atoms with Crippen molar-refractivity contribution in [3.8, 4) is 0 Å². The lowest BCUT2D eigenvalue weighted by Crippen LogP contribution is -2.38. The molecule has 0 amide bonds. The van der Waals surface area contributed by atoms with Gasteiger partial charge in [-0.1, -0.05) is 0 Å². The zero-order valence-electron chi connectivity index (χ0n) is 7.34. The second-order valence-electron chi connectivity index (χ2n) is 3.18. The summed E-state index contributed by atoms with van der Waals surface area (Å²) >= 11 is 0. The van der Waals surface area contributed by atoms with Gasteiger partial charge < -0.3 is 10.5 Å². The van der Waals surface area contributed by atoms with E-state index in [0.717, 1.165) is 26.2 Å². The Labute approximate surface area is 72.7 Å². The molecule has 0 aliphatic carbocycles. The molecule has 0 radical (unpaired) electrons. The predicted octanol–water partition coefficient (Wildman–Crippen LogP) is 0.00550. The number of hydrogen-bond donors (Lipinski definition) is 1. The molecule has 0 spiro atoms. The van der Waals surface area contributed by atoms with Gasteiger partial charge in [0.15, 0.2) is 0 Å². The van der Waals surface area contributed by atoms with Crippen LogP contribution < -0.4 is 5.73 Å². The minimum atomic E-state index is -0.243. The van der Waals surface area contributed by atoms with Crippen molar-refractivity contribution in [2.75, 3.05) is 39.5 Å². The fraction of sp³-hybridized carbons (Fsp3) is 1.00. The van der Waals surface area contributed by atoms with Crippen LogP contribution in [0.2, 0.25) is 0 Å². The molecule has 1 fully saturated rings. The van der Waals surface area contributed by atoms with Crippen molar-refractivity contribution in [1.82, 2.24) is 4.90 Å². The van der Waals surface area contributed by atoms with Crippen LogP contribution in [0.3, 0.4) is 0 Å². The first kappa shape index (κ1) is 9.89. The van der Waals surface area contributed by atoms with Crippen molar-refractivity contribution in [2.24, 2.45) is 5.73 Å². The summed E-state index contributed by atoms with van der Waals surface area (Å²) in [6, 6.07) is 0.0899. The standard InChI is InChI=1S/C8H17FN2O/c9-2-1-3-11-4-5-12-7-8(10)6-11/h8H,1-7,10H2. The SMILES string of the molecule is NC1COCCN(CCCF)C1. The highest BCUT2D eigenvalue weighted by atomic mass is 19.1. The van der Waals surface area contributed by atoms with Crippen LogP contribution in [0.5, 0.6) is 0 Å². The molecule has 0 saturated carbocycles. The molecule has 0 bridgehead atoms. The molecule has 0 aromatic heterocycles. The van der Waals surface area contributed by atoms with Gasteiger partial charge in [-0.15, -0.1) is 0 Å². The molecule has 1 saturated heterocycles. The summed E-state index contributed by atoms with van der Waals surface area (Å²) < 4.78 is 17.1. The largest absolute Gasteiger partial charge is 0.378 e. The van der Waals surface area contributed by atoms with Crippen molar-refractivity contribution in [3.63, 3.8) is 0 Å². The molecule has 1 heterocycles. The Bertz CT molecular complexity index is 124. The van der Waals surface area contributed by atoms with Crippen molar-refractivity contribution >= 4 is 0 Å². The number of hydrogen-bond acceptors (Lipinski definition) is 3. The molecule has 0 aromatic rings. The molecule has 0 aromatic carbocycles. The number of rotatable bonds is 3. The van der Waals surface area contributed by atoms with Crippen molar-refractivity contribution < 1.29 is 9.13 Å². The number of nitrogens with zero attached hydrogens (tertiary/aromatic N) is 1. The van der Waals surface area contributed by atoms with Crippen molar-refractivity contribution in [2.45, 2.75) is 12.5 Å². The molecule has 72 valence electrons. The molecule has 4 heteroatoms. The first-order valence-electron chi connectivity index (χ1n) is 4.44. The fourth-order valence-electron chi connectivity index (χ4n) is 1.39. The zero-order valence-corrected chi connectivity index (χ0v) is 7.34. The molecule has 3 nitrogen and oxygen atoms in total. The Morgan fingerprint density at radius 1 is 1.58 bits per heavy atom. The summed E-state index contributed by atoms with van der Waals surface area (Å²) in [4.78, 5) is 2.16. The maximum atomic E-state index is 11.9. The molecule has 12 heavy (non-hydrogen) atoms. The van der Waals surface area contributed by atoms with Crippen LogP contribution in [0.15, 0.2) is 0 Å². The fourth-order valence-corrected chi connectivity index (χ4v) is 1.39. The van der Waals surface area contributed by atoms with E-state index in [-0.39, 0.29) is 12.7 Å². The molecule has 1 aliphatic heterocycles. The third-order valence-corrected chi connectivity index (χ3v) is 1.98. The lowest BCUT2D eigenvalue weighted by atomic mass is 10.3. The van der Waals surface area contributed by atoms with E-state index < -0.39 is 0 Å². The van der Waals surface area contributed by atoms with Crippen LogP contribution in [0, 0.1) is 0 Å². The molecule has 1 unspecified atom stereocenters. The zero-order chi connectivity index (χ0) is 8.81. The maximum Gasteiger partial charge on any atom is 0.0906 e. The highest BCUT2D eigenvalue weighted by molar-refractivity contribution is 4.70. The van der Waals surface area contributed by atoms with E-state index in [1.54, 1.807) is 0 Å². The van der Waals surface area contributed by atoms with Crippen LogP contribution >= 0.6 is 0 Å². The first-order chi connectivity index (χ1) is 5.83. The van der Waals surface area contributed by atoms with Gasteiger partial charge in [0.1, 0.15) is 0 Å². The topological polar surface area (TPSA) is 38.5 Å². The summed E-state index contributed by atoms with van der Waals surface area (Å²) in [7, 11) is 0. The average Bonchev–Trinajstić information content (AvgIpc) is 2.26. The lowest BCUT2D eigenvalue weighted by molar-refractivity contribution is 0.135. The van der Waals surface area contributed by atoms with Gasteiger partial charge in [-0.3, -0.25) is 9.29 Å². The van der Waals surface area contributed by atoms with E-state index in [1.807, 2.05) is 0 Å². The van der Waals surface area contributed by atoms with Crippen molar-refractivity contribution in [1.29, 1.82) is 0 Å². The smallest absolute Gasteiger partial charge is 0.0906 e. The van der Waals surface area contributed by atoms with E-state index in [1.165, 1.54) is 0 Å². The lowest BCUT2D eigenvalue weighted by Gasteiger charge is -2.20. The highest BCUT2D eigenvalue weighted by Crippen LogP contribution is 1.99. The van der Waals surface area contributed by atoms with E-state index in [9.17, 15) is 4.39 Å². The number of nitrogens with two attached hydrogens (primary N) is 1. The third kappa shape index (κ3) is 3.47. The van der Waals surface area contributed by atoms with Gasteiger partial charge in [0.05, 0.1) is 19.9 Å². The van der Waals surface area contributed by atoms with Crippen LogP contribution in [0.4, 0.5) is 4.39 Å². The van der Waals surface area contributed by atoms with Crippen molar-refractivity contribution in [3.05, 3.63) is 0 Å². The van der Waals surface area contributed by atoms with Gasteiger partial charge in [0.25, 0.3) is 0 Å². The summed E-state index contributed by atoms with van der Waals surface area (Å²) in [5.41, 5.74) is 5.74. The minimum Gasteiger partial charge on any atom is -0.378 e. The van der Waals surface area contributed by atoms with Crippen LogP contribution in [0.25, 0.3) is 0 Å². The monoisotopic (exact) mass is 176 g/mol. The first-order valence-corrected chi connectivity index (χ1v) is 4.44. The van der Waals surface area contributed by atoms with E-state index in [4.69, 9.17) is 10.5 Å². The number of alkyl halides is 1. The molecular formula is C8H17FN2O. The van der Waals surface area contributed by atoms with Gasteiger partial charge >= 0.3 is 0 Å². The summed E-state index contributed by atoms with van der Waals surface area (Å²) in [5.74, 6) is 0. The van der Waals surface area contributed by atoms with E-state index in [2.05, 4.69) is 4.90 Å². The van der Waals surface area contributed by atoms with Crippen LogP contribution in [0.1, 0.15) is 6.42 Å². The minimum absolute atomic E-state index is 0.0899. The third-order valence-electron chi connectivity index (χ3n) is 1.98. The summed E-state index contributed by atoms with van der Waals surface area (Å²) in [6.45, 7) is 3.62. The van der Waals surface area contributed by atoms with Gasteiger partial charge in [-0.05, 0) is 6.42 Å². The summed E-state index contributed by atoms with van der Waals surface area (Å²) in [5, 5.41) is 0. The van der Waals surface area contributed by atoms with Gasteiger partial charge in [-0.2, -0.15) is 0 Å². The van der Waals surface area contributed by atoms with E-state index in [0.29, 0.717) is 13.0 Å². The number of halogens is 1. The Balaban J connectivity index is 2.21. The highest BCUT2D eigenvalue weighted by Gasteiger charge is 2.14. The molecule has 1 aliphatic rings. The van der Waals surface area contributed by atoms with Gasteiger partial charge in [-0.25, -0.2) is 0 Å². The van der Waals surface area contributed by atoms with Gasteiger partial charge in [0.2, 0.25) is 0 Å². The normalized spacial score (nSPS) is 27.0. The maximum absolute atomic E-state index is 11.9. The Hall–Kier alpha value is -0.190. The molecular weight excluding hydrogens is 159 g/mol. The second-order valence-corrected chi connectivity index (χ2v) is 3.18. The number of ether oxygens (including phenoxy) is 1. The molecule has 1 rings (SSSR count). The van der Waals surface area contributed by atoms with Crippen LogP contribution in [-0.4, -0.2) is 50.5 Å². The Kier molecular flexibility index (Phi) is 4.50. The van der Waals surface area contributed by atoms with Gasteiger partial charge in [0, 0.05) is 25.7 Å². The Morgan fingerprint density at radius 3 is 3.17 bits per heavy atom. The second kappa shape index (κ2) is 5.45. The predicted molar refractivity (Wildman–Crippen MR) is 45.8 cm³/mol. The van der Waals surface area contributed by atoms with E-state index >= 15 is 0 Å². The Morgan fingerprint density at radius 2 is 2.42 bits per heavy atom. The molecule has 1 atom stereocenters. The average molecular weight is 176 g/mol. The van der Waals surface area contributed by atoms with Crippen LogP contribution in [-0.2, 0) is 4.74 Å². The molecule has 2 N–H and O–H groups in total. The summed E-state index contributed by atoms with van der Waals surface area (Å²) in [6.07, 6.45) is 0.604.